The van der Waals surface area contributed by atoms with Crippen LogP contribution in [0.2, 0.25) is 0 Å². The molecule has 2 aromatic heterocycles. The van der Waals surface area contributed by atoms with Crippen molar-refractivity contribution in [3.05, 3.63) is 58.3 Å². The van der Waals surface area contributed by atoms with Gasteiger partial charge in [0, 0.05) is 24.8 Å². The van der Waals surface area contributed by atoms with Gasteiger partial charge in [0.15, 0.2) is 0 Å². The summed E-state index contributed by atoms with van der Waals surface area (Å²) in [7, 11) is 3.05. The number of rotatable bonds is 4. The van der Waals surface area contributed by atoms with E-state index in [4.69, 9.17) is 4.74 Å². The van der Waals surface area contributed by atoms with Gasteiger partial charge in [-0.3, -0.25) is 9.59 Å². The average Bonchev–Trinajstić information content (AvgIpc) is 3.37. The number of fused-ring (bicyclic) bond motifs is 1. The Morgan fingerprint density at radius 1 is 1.28 bits per heavy atom. The summed E-state index contributed by atoms with van der Waals surface area (Å²) in [6.45, 7) is 0. The van der Waals surface area contributed by atoms with Crippen molar-refractivity contribution >= 4 is 16.7 Å². The van der Waals surface area contributed by atoms with Gasteiger partial charge in [0.25, 0.3) is 5.56 Å². The summed E-state index contributed by atoms with van der Waals surface area (Å²) in [6, 6.07) is 7.59. The first-order chi connectivity index (χ1) is 12.1. The predicted octanol–water partition coefficient (Wildman–Crippen LogP) is 1.77. The third kappa shape index (κ3) is 2.61. The molecule has 7 heteroatoms. The van der Waals surface area contributed by atoms with E-state index in [0.717, 1.165) is 18.2 Å². The number of carbonyl (C=O) groups excluding carboxylic acids is 1. The monoisotopic (exact) mass is 338 g/mol. The number of aryl methyl sites for hydroxylation is 1. The quantitative estimate of drug-likeness (QED) is 0.678. The van der Waals surface area contributed by atoms with E-state index in [1.165, 1.54) is 11.7 Å². The Labute approximate surface area is 143 Å². The van der Waals surface area contributed by atoms with Gasteiger partial charge in [0.2, 0.25) is 0 Å². The highest BCUT2D eigenvalue weighted by molar-refractivity contribution is 5.92. The molecular formula is C18H18N4O3. The second-order valence-corrected chi connectivity index (χ2v) is 6.35. The number of hydrogen-bond donors (Lipinski definition) is 0. The lowest BCUT2D eigenvalue weighted by atomic mass is 9.92. The topological polar surface area (TPSA) is 79.0 Å². The fourth-order valence-electron chi connectivity index (χ4n) is 3.12. The summed E-state index contributed by atoms with van der Waals surface area (Å²) in [4.78, 5) is 24.9. The standard InChI is InChI=1S/C18H18N4O3/c1-21-9-8-12-13(4-3-5-14(12)17(21)23)16(18(24)25-2)15-10-22(20-19-15)11-6-7-11/h3-5,8-11,16H,6-7H2,1-2H3. The molecule has 1 fully saturated rings. The molecule has 1 atom stereocenters. The smallest absolute Gasteiger partial charge is 0.319 e. The van der Waals surface area contributed by atoms with Gasteiger partial charge in [-0.15, -0.1) is 5.10 Å². The zero-order valence-electron chi connectivity index (χ0n) is 14.0. The van der Waals surface area contributed by atoms with Gasteiger partial charge >= 0.3 is 5.97 Å². The molecule has 0 spiro atoms. The van der Waals surface area contributed by atoms with E-state index >= 15 is 0 Å². The highest BCUT2D eigenvalue weighted by atomic mass is 16.5. The fourth-order valence-corrected chi connectivity index (χ4v) is 3.12. The molecule has 0 amide bonds. The molecule has 1 aliphatic rings. The molecule has 7 nitrogen and oxygen atoms in total. The molecule has 0 N–H and O–H groups in total. The minimum Gasteiger partial charge on any atom is -0.468 e. The van der Waals surface area contributed by atoms with Gasteiger partial charge in [-0.05, 0) is 35.9 Å². The number of methoxy groups -OCH3 is 1. The molecule has 1 aromatic carbocycles. The van der Waals surface area contributed by atoms with Gasteiger partial charge in [-0.2, -0.15) is 0 Å². The maximum absolute atomic E-state index is 12.5. The SMILES string of the molecule is COC(=O)C(c1cn(C2CC2)nn1)c1cccc2c(=O)n(C)ccc12. The molecule has 1 aliphatic carbocycles. The summed E-state index contributed by atoms with van der Waals surface area (Å²) in [5.41, 5.74) is 1.13. The van der Waals surface area contributed by atoms with E-state index in [1.54, 1.807) is 36.3 Å². The lowest BCUT2D eigenvalue weighted by Gasteiger charge is -2.15. The Balaban J connectivity index is 1.90. The molecule has 0 aliphatic heterocycles. The second-order valence-electron chi connectivity index (χ2n) is 6.35. The number of esters is 1. The molecule has 0 radical (unpaired) electrons. The van der Waals surface area contributed by atoms with Crippen molar-refractivity contribution in [2.75, 3.05) is 7.11 Å². The molecule has 128 valence electrons. The largest absolute Gasteiger partial charge is 0.468 e. The zero-order chi connectivity index (χ0) is 17.6. The number of pyridine rings is 1. The molecular weight excluding hydrogens is 320 g/mol. The van der Waals surface area contributed by atoms with Crippen LogP contribution in [0.15, 0.2) is 41.5 Å². The lowest BCUT2D eigenvalue weighted by Crippen LogP contribution is -2.19. The number of carbonyl (C=O) groups is 1. The van der Waals surface area contributed by atoms with Crippen molar-refractivity contribution < 1.29 is 9.53 Å². The number of benzene rings is 1. The summed E-state index contributed by atoms with van der Waals surface area (Å²) < 4.78 is 8.33. The van der Waals surface area contributed by atoms with E-state index in [1.807, 2.05) is 12.1 Å². The Bertz CT molecular complexity index is 1020. The average molecular weight is 338 g/mol. The van der Waals surface area contributed by atoms with Crippen LogP contribution in [-0.4, -0.2) is 32.6 Å². The van der Waals surface area contributed by atoms with E-state index in [9.17, 15) is 9.59 Å². The normalized spacial score (nSPS) is 15.3. The van der Waals surface area contributed by atoms with Crippen LogP contribution >= 0.6 is 0 Å². The Morgan fingerprint density at radius 3 is 2.80 bits per heavy atom. The van der Waals surface area contributed by atoms with Crippen LogP contribution in [0.4, 0.5) is 0 Å². The van der Waals surface area contributed by atoms with Crippen LogP contribution < -0.4 is 5.56 Å². The maximum atomic E-state index is 12.5. The van der Waals surface area contributed by atoms with Crippen LogP contribution in [0.1, 0.15) is 36.1 Å². The zero-order valence-corrected chi connectivity index (χ0v) is 14.0. The van der Waals surface area contributed by atoms with Gasteiger partial charge < -0.3 is 9.30 Å². The first-order valence-corrected chi connectivity index (χ1v) is 8.18. The third-order valence-electron chi connectivity index (χ3n) is 4.65. The minimum absolute atomic E-state index is 0.107. The van der Waals surface area contributed by atoms with E-state index in [2.05, 4.69) is 10.3 Å². The molecule has 1 saturated carbocycles. The van der Waals surface area contributed by atoms with E-state index in [0.29, 0.717) is 22.7 Å². The highest BCUT2D eigenvalue weighted by Crippen LogP contribution is 2.35. The van der Waals surface area contributed by atoms with E-state index < -0.39 is 11.9 Å². The molecule has 3 aromatic rings. The molecule has 0 bridgehead atoms. The van der Waals surface area contributed by atoms with Crippen LogP contribution in [0, 0.1) is 0 Å². The Kier molecular flexibility index (Phi) is 3.63. The van der Waals surface area contributed by atoms with Gasteiger partial charge in [-0.25, -0.2) is 4.68 Å². The minimum atomic E-state index is -0.715. The summed E-state index contributed by atoms with van der Waals surface area (Å²) >= 11 is 0. The molecule has 25 heavy (non-hydrogen) atoms. The van der Waals surface area contributed by atoms with Gasteiger partial charge in [0.1, 0.15) is 11.6 Å². The van der Waals surface area contributed by atoms with Gasteiger partial charge in [0.05, 0.1) is 13.2 Å². The van der Waals surface area contributed by atoms with Crippen LogP contribution in [-0.2, 0) is 16.6 Å². The summed E-state index contributed by atoms with van der Waals surface area (Å²) in [5.74, 6) is -1.13. The number of hydrogen-bond acceptors (Lipinski definition) is 5. The van der Waals surface area contributed by atoms with Crippen molar-refractivity contribution in [1.82, 2.24) is 19.6 Å². The van der Waals surface area contributed by atoms with Crippen molar-refractivity contribution in [3.8, 4) is 0 Å². The predicted molar refractivity (Wildman–Crippen MR) is 91.3 cm³/mol. The first kappa shape index (κ1) is 15.6. The van der Waals surface area contributed by atoms with Crippen molar-refractivity contribution in [1.29, 1.82) is 0 Å². The number of ether oxygens (including phenoxy) is 1. The summed E-state index contributed by atoms with van der Waals surface area (Å²) in [5, 5.41) is 9.63. The fraction of sp³-hybridized carbons (Fsp3) is 0.333. The van der Waals surface area contributed by atoms with Crippen molar-refractivity contribution in [3.63, 3.8) is 0 Å². The second kappa shape index (κ2) is 5.84. The van der Waals surface area contributed by atoms with Crippen molar-refractivity contribution in [2.24, 2.45) is 7.05 Å². The van der Waals surface area contributed by atoms with E-state index in [-0.39, 0.29) is 5.56 Å². The maximum Gasteiger partial charge on any atom is 0.319 e. The van der Waals surface area contributed by atoms with Gasteiger partial charge in [-0.1, -0.05) is 17.3 Å². The molecule has 0 saturated heterocycles. The Hall–Kier alpha value is -2.96. The highest BCUT2D eigenvalue weighted by Gasteiger charge is 2.31. The number of nitrogens with zero attached hydrogens (tertiary/aromatic N) is 4. The van der Waals surface area contributed by atoms with Crippen LogP contribution in [0.25, 0.3) is 10.8 Å². The molecule has 1 unspecified atom stereocenters. The molecule has 4 rings (SSSR count). The summed E-state index contributed by atoms with van der Waals surface area (Å²) in [6.07, 6.45) is 5.66. The van der Waals surface area contributed by atoms with Crippen LogP contribution in [0.5, 0.6) is 0 Å². The molecule has 2 heterocycles. The Morgan fingerprint density at radius 2 is 2.08 bits per heavy atom. The number of aromatic nitrogens is 4. The van der Waals surface area contributed by atoms with Crippen molar-refractivity contribution in [2.45, 2.75) is 24.8 Å². The first-order valence-electron chi connectivity index (χ1n) is 8.18. The van der Waals surface area contributed by atoms with Crippen LogP contribution in [0.3, 0.4) is 0 Å². The third-order valence-corrected chi connectivity index (χ3v) is 4.65. The lowest BCUT2D eigenvalue weighted by molar-refractivity contribution is -0.141.